The van der Waals surface area contributed by atoms with E-state index >= 15 is 0 Å². The van der Waals surface area contributed by atoms with Gasteiger partial charge in [0.05, 0.1) is 0 Å². The maximum Gasteiger partial charge on any atom is 0.255 e. The number of para-hydroxylation sites is 1. The monoisotopic (exact) mass is 302 g/mol. The molecule has 0 atom stereocenters. The van der Waals surface area contributed by atoms with E-state index in [1.165, 1.54) is 0 Å². The highest BCUT2D eigenvalue weighted by molar-refractivity contribution is 6.05. The smallest absolute Gasteiger partial charge is 0.255 e. The van der Waals surface area contributed by atoms with Crippen molar-refractivity contribution >= 4 is 11.6 Å². The lowest BCUT2D eigenvalue weighted by molar-refractivity contribution is 0.102. The first-order valence-corrected chi connectivity index (χ1v) is 7.53. The molecule has 3 aromatic carbocycles. The Kier molecular flexibility index (Phi) is 4.50. The number of hydrogen-bond donors (Lipinski definition) is 2. The molecule has 3 rings (SSSR count). The van der Waals surface area contributed by atoms with Crippen LogP contribution in [0.15, 0.2) is 78.9 Å². The van der Waals surface area contributed by atoms with E-state index in [2.05, 4.69) is 5.32 Å². The topological polar surface area (TPSA) is 55.1 Å². The molecule has 0 spiro atoms. The van der Waals surface area contributed by atoms with E-state index in [0.717, 1.165) is 22.4 Å². The standard InChI is InChI=1S/C20H18N2O/c21-14-18-9-4-5-12-19(18)22-20(23)17-11-6-10-16(13-17)15-7-2-1-3-8-15/h1-13H,14,21H2,(H,22,23). The third-order valence-corrected chi connectivity index (χ3v) is 3.72. The molecular weight excluding hydrogens is 284 g/mol. The summed E-state index contributed by atoms with van der Waals surface area (Å²) in [6.45, 7) is 0.389. The average molecular weight is 302 g/mol. The van der Waals surface area contributed by atoms with Crippen LogP contribution in [0.25, 0.3) is 11.1 Å². The fourth-order valence-corrected chi connectivity index (χ4v) is 2.49. The first kappa shape index (κ1) is 15.0. The number of amides is 1. The van der Waals surface area contributed by atoms with Crippen LogP contribution in [0.2, 0.25) is 0 Å². The number of carbonyl (C=O) groups excluding carboxylic acids is 1. The summed E-state index contributed by atoms with van der Waals surface area (Å²) >= 11 is 0. The van der Waals surface area contributed by atoms with Gasteiger partial charge >= 0.3 is 0 Å². The maximum atomic E-state index is 12.5. The van der Waals surface area contributed by atoms with Crippen LogP contribution in [-0.4, -0.2) is 5.91 Å². The van der Waals surface area contributed by atoms with Crippen molar-refractivity contribution in [1.29, 1.82) is 0 Å². The molecule has 0 saturated carbocycles. The van der Waals surface area contributed by atoms with E-state index in [1.807, 2.05) is 78.9 Å². The van der Waals surface area contributed by atoms with Crippen LogP contribution in [-0.2, 0) is 6.54 Å². The number of hydrogen-bond acceptors (Lipinski definition) is 2. The second-order valence-electron chi connectivity index (χ2n) is 5.26. The first-order chi connectivity index (χ1) is 11.3. The fraction of sp³-hybridized carbons (Fsp3) is 0.0500. The van der Waals surface area contributed by atoms with Gasteiger partial charge in [0, 0.05) is 17.8 Å². The van der Waals surface area contributed by atoms with Gasteiger partial charge in [-0.05, 0) is 34.9 Å². The Morgan fingerprint density at radius 2 is 1.52 bits per heavy atom. The third-order valence-electron chi connectivity index (χ3n) is 3.72. The molecule has 23 heavy (non-hydrogen) atoms. The van der Waals surface area contributed by atoms with Gasteiger partial charge in [-0.2, -0.15) is 0 Å². The van der Waals surface area contributed by atoms with E-state index in [9.17, 15) is 4.79 Å². The molecule has 0 aliphatic rings. The zero-order chi connectivity index (χ0) is 16.1. The highest BCUT2D eigenvalue weighted by Crippen LogP contribution is 2.21. The van der Waals surface area contributed by atoms with Crippen molar-refractivity contribution in [3.05, 3.63) is 90.0 Å². The highest BCUT2D eigenvalue weighted by Gasteiger charge is 2.09. The Morgan fingerprint density at radius 3 is 2.30 bits per heavy atom. The molecule has 0 aliphatic carbocycles. The summed E-state index contributed by atoms with van der Waals surface area (Å²) in [7, 11) is 0. The van der Waals surface area contributed by atoms with Gasteiger partial charge in [-0.25, -0.2) is 0 Å². The lowest BCUT2D eigenvalue weighted by Crippen LogP contribution is -2.14. The lowest BCUT2D eigenvalue weighted by atomic mass is 10.0. The second kappa shape index (κ2) is 6.90. The predicted molar refractivity (Wildman–Crippen MR) is 94.2 cm³/mol. The number of carbonyl (C=O) groups is 1. The average Bonchev–Trinajstić information content (AvgIpc) is 2.63. The molecule has 0 aliphatic heterocycles. The Labute approximate surface area is 135 Å². The van der Waals surface area contributed by atoms with E-state index in [1.54, 1.807) is 0 Å². The molecule has 3 nitrogen and oxygen atoms in total. The van der Waals surface area contributed by atoms with Crippen LogP contribution >= 0.6 is 0 Å². The van der Waals surface area contributed by atoms with Gasteiger partial charge in [0.25, 0.3) is 5.91 Å². The normalized spacial score (nSPS) is 10.3. The summed E-state index contributed by atoms with van der Waals surface area (Å²) in [5.41, 5.74) is 10.1. The summed E-state index contributed by atoms with van der Waals surface area (Å²) in [4.78, 5) is 12.5. The number of nitrogens with one attached hydrogen (secondary N) is 1. The minimum atomic E-state index is -0.135. The number of anilines is 1. The van der Waals surface area contributed by atoms with Gasteiger partial charge < -0.3 is 11.1 Å². The Bertz CT molecular complexity index is 813. The molecule has 3 heteroatoms. The van der Waals surface area contributed by atoms with Crippen LogP contribution in [0.1, 0.15) is 15.9 Å². The fourth-order valence-electron chi connectivity index (χ4n) is 2.49. The summed E-state index contributed by atoms with van der Waals surface area (Å²) in [6.07, 6.45) is 0. The Balaban J connectivity index is 1.86. The minimum absolute atomic E-state index is 0.135. The van der Waals surface area contributed by atoms with Gasteiger partial charge in [-0.15, -0.1) is 0 Å². The SMILES string of the molecule is NCc1ccccc1NC(=O)c1cccc(-c2ccccc2)c1. The van der Waals surface area contributed by atoms with E-state index in [-0.39, 0.29) is 5.91 Å². The zero-order valence-electron chi connectivity index (χ0n) is 12.7. The van der Waals surface area contributed by atoms with Crippen molar-refractivity contribution in [3.63, 3.8) is 0 Å². The van der Waals surface area contributed by atoms with Crippen LogP contribution in [0.3, 0.4) is 0 Å². The molecule has 0 aromatic heterocycles. The second-order valence-corrected chi connectivity index (χ2v) is 5.26. The molecule has 3 aromatic rings. The molecule has 114 valence electrons. The van der Waals surface area contributed by atoms with Crippen molar-refractivity contribution in [3.8, 4) is 11.1 Å². The molecule has 0 bridgehead atoms. The van der Waals surface area contributed by atoms with Crippen LogP contribution in [0.4, 0.5) is 5.69 Å². The van der Waals surface area contributed by atoms with Crippen molar-refractivity contribution < 1.29 is 4.79 Å². The van der Waals surface area contributed by atoms with Crippen molar-refractivity contribution in [2.24, 2.45) is 5.73 Å². The predicted octanol–water partition coefficient (Wildman–Crippen LogP) is 4.06. The Hall–Kier alpha value is -2.91. The van der Waals surface area contributed by atoms with Crippen LogP contribution in [0.5, 0.6) is 0 Å². The summed E-state index contributed by atoms with van der Waals surface area (Å²) in [5, 5.41) is 2.94. The van der Waals surface area contributed by atoms with Gasteiger partial charge in [0.1, 0.15) is 0 Å². The Morgan fingerprint density at radius 1 is 0.826 bits per heavy atom. The molecular formula is C20H18N2O. The summed E-state index contributed by atoms with van der Waals surface area (Å²) in [5.74, 6) is -0.135. The number of rotatable bonds is 4. The van der Waals surface area contributed by atoms with Gasteiger partial charge in [0.15, 0.2) is 0 Å². The number of nitrogens with two attached hydrogens (primary N) is 1. The highest BCUT2D eigenvalue weighted by atomic mass is 16.1. The summed E-state index contributed by atoms with van der Waals surface area (Å²) in [6, 6.07) is 25.2. The van der Waals surface area contributed by atoms with Gasteiger partial charge in [-0.1, -0.05) is 60.7 Å². The molecule has 0 saturated heterocycles. The quantitative estimate of drug-likeness (QED) is 0.763. The van der Waals surface area contributed by atoms with Crippen molar-refractivity contribution in [1.82, 2.24) is 0 Å². The molecule has 0 unspecified atom stereocenters. The largest absolute Gasteiger partial charge is 0.326 e. The van der Waals surface area contributed by atoms with E-state index in [0.29, 0.717) is 12.1 Å². The minimum Gasteiger partial charge on any atom is -0.326 e. The first-order valence-electron chi connectivity index (χ1n) is 7.53. The van der Waals surface area contributed by atoms with E-state index < -0.39 is 0 Å². The van der Waals surface area contributed by atoms with Gasteiger partial charge in [0.2, 0.25) is 0 Å². The van der Waals surface area contributed by atoms with Crippen LogP contribution in [0, 0.1) is 0 Å². The lowest BCUT2D eigenvalue weighted by Gasteiger charge is -2.10. The van der Waals surface area contributed by atoms with Crippen molar-refractivity contribution in [2.45, 2.75) is 6.54 Å². The molecule has 0 heterocycles. The van der Waals surface area contributed by atoms with Crippen LogP contribution < -0.4 is 11.1 Å². The van der Waals surface area contributed by atoms with E-state index in [4.69, 9.17) is 5.73 Å². The molecule has 1 amide bonds. The zero-order valence-corrected chi connectivity index (χ0v) is 12.7. The molecule has 0 fully saturated rings. The van der Waals surface area contributed by atoms with Crippen molar-refractivity contribution in [2.75, 3.05) is 5.32 Å². The number of benzene rings is 3. The summed E-state index contributed by atoms with van der Waals surface area (Å²) < 4.78 is 0. The maximum absolute atomic E-state index is 12.5. The van der Waals surface area contributed by atoms with Gasteiger partial charge in [-0.3, -0.25) is 4.79 Å². The molecule has 0 radical (unpaired) electrons. The third kappa shape index (κ3) is 3.47. The molecule has 3 N–H and O–H groups in total.